The maximum absolute atomic E-state index is 11.8. The van der Waals surface area contributed by atoms with Gasteiger partial charge in [0, 0.05) is 13.1 Å². The van der Waals surface area contributed by atoms with Crippen LogP contribution in [0.4, 0.5) is 0 Å². The average molecular weight is 226 g/mol. The smallest absolute Gasteiger partial charge is 0.224 e. The standard InChI is InChI=1S/C12H22N2O2/c15-11-4-3-9(6-11)7-14-12(16)10-2-1-5-13-8-10/h9-11,13,15H,1-8H2,(H,14,16). The molecule has 0 spiro atoms. The highest BCUT2D eigenvalue weighted by Crippen LogP contribution is 2.24. The van der Waals surface area contributed by atoms with Gasteiger partial charge in [-0.3, -0.25) is 4.79 Å². The van der Waals surface area contributed by atoms with Crippen molar-refractivity contribution in [1.82, 2.24) is 10.6 Å². The molecule has 2 fully saturated rings. The molecule has 1 heterocycles. The topological polar surface area (TPSA) is 61.4 Å². The monoisotopic (exact) mass is 226 g/mol. The Labute approximate surface area is 96.8 Å². The van der Waals surface area contributed by atoms with E-state index in [-0.39, 0.29) is 17.9 Å². The summed E-state index contributed by atoms with van der Waals surface area (Å²) in [5.41, 5.74) is 0. The van der Waals surface area contributed by atoms with E-state index in [9.17, 15) is 9.90 Å². The van der Waals surface area contributed by atoms with E-state index in [2.05, 4.69) is 10.6 Å². The van der Waals surface area contributed by atoms with E-state index in [0.29, 0.717) is 5.92 Å². The molecule has 1 aliphatic heterocycles. The molecule has 2 aliphatic rings. The number of hydrogen-bond donors (Lipinski definition) is 3. The maximum Gasteiger partial charge on any atom is 0.224 e. The van der Waals surface area contributed by atoms with Crippen molar-refractivity contribution in [2.45, 2.75) is 38.2 Å². The molecule has 4 heteroatoms. The van der Waals surface area contributed by atoms with E-state index in [0.717, 1.165) is 51.7 Å². The van der Waals surface area contributed by atoms with Crippen LogP contribution in [0.15, 0.2) is 0 Å². The maximum atomic E-state index is 11.8. The van der Waals surface area contributed by atoms with Crippen molar-refractivity contribution in [3.63, 3.8) is 0 Å². The normalized spacial score (nSPS) is 34.9. The minimum atomic E-state index is -0.141. The fraction of sp³-hybridized carbons (Fsp3) is 0.917. The Morgan fingerprint density at radius 1 is 1.38 bits per heavy atom. The summed E-state index contributed by atoms with van der Waals surface area (Å²) >= 11 is 0. The molecule has 92 valence electrons. The largest absolute Gasteiger partial charge is 0.393 e. The summed E-state index contributed by atoms with van der Waals surface area (Å²) < 4.78 is 0. The van der Waals surface area contributed by atoms with Gasteiger partial charge in [-0.15, -0.1) is 0 Å². The minimum absolute atomic E-state index is 0.141. The molecule has 2 rings (SSSR count). The van der Waals surface area contributed by atoms with Gasteiger partial charge in [-0.05, 0) is 44.6 Å². The third-order valence-electron chi connectivity index (χ3n) is 3.75. The molecule has 1 saturated carbocycles. The van der Waals surface area contributed by atoms with Gasteiger partial charge in [-0.1, -0.05) is 0 Å². The summed E-state index contributed by atoms with van der Waals surface area (Å²) in [4.78, 5) is 11.8. The lowest BCUT2D eigenvalue weighted by Gasteiger charge is -2.22. The number of rotatable bonds is 3. The lowest BCUT2D eigenvalue weighted by molar-refractivity contribution is -0.125. The number of hydrogen-bond acceptors (Lipinski definition) is 3. The molecular weight excluding hydrogens is 204 g/mol. The highest BCUT2D eigenvalue weighted by atomic mass is 16.3. The first-order valence-electron chi connectivity index (χ1n) is 6.42. The van der Waals surface area contributed by atoms with E-state index >= 15 is 0 Å². The van der Waals surface area contributed by atoms with Gasteiger partial charge < -0.3 is 15.7 Å². The van der Waals surface area contributed by atoms with Crippen molar-refractivity contribution < 1.29 is 9.90 Å². The summed E-state index contributed by atoms with van der Waals surface area (Å²) in [6, 6.07) is 0. The lowest BCUT2D eigenvalue weighted by atomic mass is 9.98. The van der Waals surface area contributed by atoms with Crippen molar-refractivity contribution in [2.24, 2.45) is 11.8 Å². The van der Waals surface area contributed by atoms with Crippen molar-refractivity contribution in [3.8, 4) is 0 Å². The zero-order valence-electron chi connectivity index (χ0n) is 9.74. The van der Waals surface area contributed by atoms with E-state index in [1.54, 1.807) is 0 Å². The highest BCUT2D eigenvalue weighted by Gasteiger charge is 2.25. The predicted octanol–water partition coefficient (Wildman–Crippen LogP) is 0.263. The van der Waals surface area contributed by atoms with Gasteiger partial charge in [0.05, 0.1) is 12.0 Å². The quantitative estimate of drug-likeness (QED) is 0.647. The first-order chi connectivity index (χ1) is 7.75. The molecule has 3 atom stereocenters. The number of aliphatic hydroxyl groups is 1. The van der Waals surface area contributed by atoms with E-state index in [4.69, 9.17) is 0 Å². The second-order valence-corrected chi connectivity index (χ2v) is 5.12. The molecule has 0 bridgehead atoms. The molecule has 1 amide bonds. The van der Waals surface area contributed by atoms with Gasteiger partial charge in [0.2, 0.25) is 5.91 Å². The molecule has 1 saturated heterocycles. The number of piperidine rings is 1. The summed E-state index contributed by atoms with van der Waals surface area (Å²) in [5, 5.41) is 15.7. The van der Waals surface area contributed by atoms with Crippen LogP contribution in [0.25, 0.3) is 0 Å². The van der Waals surface area contributed by atoms with Crippen LogP contribution in [-0.2, 0) is 4.79 Å². The SMILES string of the molecule is O=C(NCC1CCC(O)C1)C1CCCNC1. The first kappa shape index (κ1) is 11.9. The Bertz CT molecular complexity index is 239. The van der Waals surface area contributed by atoms with E-state index in [1.165, 1.54) is 0 Å². The van der Waals surface area contributed by atoms with Crippen molar-refractivity contribution in [1.29, 1.82) is 0 Å². The van der Waals surface area contributed by atoms with Gasteiger partial charge in [0.25, 0.3) is 0 Å². The van der Waals surface area contributed by atoms with Crippen LogP contribution < -0.4 is 10.6 Å². The Morgan fingerprint density at radius 3 is 2.88 bits per heavy atom. The molecular formula is C12H22N2O2. The van der Waals surface area contributed by atoms with Crippen molar-refractivity contribution in [2.75, 3.05) is 19.6 Å². The van der Waals surface area contributed by atoms with Crippen LogP contribution in [0.3, 0.4) is 0 Å². The number of carbonyl (C=O) groups excluding carboxylic acids is 1. The van der Waals surface area contributed by atoms with Crippen LogP contribution in [-0.4, -0.2) is 36.8 Å². The summed E-state index contributed by atoms with van der Waals surface area (Å²) in [6.45, 7) is 2.60. The molecule has 1 aliphatic carbocycles. The highest BCUT2D eigenvalue weighted by molar-refractivity contribution is 5.78. The number of aliphatic hydroxyl groups excluding tert-OH is 1. The van der Waals surface area contributed by atoms with E-state index < -0.39 is 0 Å². The van der Waals surface area contributed by atoms with E-state index in [1.807, 2.05) is 0 Å². The predicted molar refractivity (Wildman–Crippen MR) is 62.0 cm³/mol. The molecule has 0 aromatic heterocycles. The van der Waals surface area contributed by atoms with Crippen LogP contribution in [0.1, 0.15) is 32.1 Å². The molecule has 0 aromatic carbocycles. The van der Waals surface area contributed by atoms with Gasteiger partial charge in [-0.25, -0.2) is 0 Å². The molecule has 4 nitrogen and oxygen atoms in total. The Balaban J connectivity index is 1.66. The summed E-state index contributed by atoms with van der Waals surface area (Å²) in [5.74, 6) is 0.823. The van der Waals surface area contributed by atoms with Crippen LogP contribution in [0.5, 0.6) is 0 Å². The Morgan fingerprint density at radius 2 is 2.25 bits per heavy atom. The van der Waals surface area contributed by atoms with Gasteiger partial charge in [-0.2, -0.15) is 0 Å². The number of amides is 1. The third kappa shape index (κ3) is 3.19. The Kier molecular flexibility index (Phi) is 4.18. The van der Waals surface area contributed by atoms with Gasteiger partial charge in [0.15, 0.2) is 0 Å². The van der Waals surface area contributed by atoms with Crippen molar-refractivity contribution in [3.05, 3.63) is 0 Å². The van der Waals surface area contributed by atoms with Gasteiger partial charge >= 0.3 is 0 Å². The average Bonchev–Trinajstić information content (AvgIpc) is 2.73. The molecule has 0 radical (unpaired) electrons. The van der Waals surface area contributed by atoms with Crippen LogP contribution in [0.2, 0.25) is 0 Å². The van der Waals surface area contributed by atoms with Crippen LogP contribution >= 0.6 is 0 Å². The van der Waals surface area contributed by atoms with Crippen molar-refractivity contribution >= 4 is 5.91 Å². The fourth-order valence-electron chi connectivity index (χ4n) is 2.70. The molecule has 0 aromatic rings. The molecule has 3 N–H and O–H groups in total. The lowest BCUT2D eigenvalue weighted by Crippen LogP contribution is -2.41. The molecule has 16 heavy (non-hydrogen) atoms. The number of carbonyl (C=O) groups is 1. The zero-order chi connectivity index (χ0) is 11.4. The van der Waals surface area contributed by atoms with Crippen LogP contribution in [0, 0.1) is 11.8 Å². The minimum Gasteiger partial charge on any atom is -0.393 e. The summed E-state index contributed by atoms with van der Waals surface area (Å²) in [7, 11) is 0. The zero-order valence-corrected chi connectivity index (χ0v) is 9.74. The third-order valence-corrected chi connectivity index (χ3v) is 3.75. The first-order valence-corrected chi connectivity index (χ1v) is 6.42. The number of nitrogens with one attached hydrogen (secondary N) is 2. The summed E-state index contributed by atoms with van der Waals surface area (Å²) in [6.07, 6.45) is 4.75. The fourth-order valence-corrected chi connectivity index (χ4v) is 2.70. The molecule has 3 unspecified atom stereocenters. The second kappa shape index (κ2) is 5.64. The Hall–Kier alpha value is -0.610. The van der Waals surface area contributed by atoms with Gasteiger partial charge in [0.1, 0.15) is 0 Å². The second-order valence-electron chi connectivity index (χ2n) is 5.12.